The third-order valence-corrected chi connectivity index (χ3v) is 4.90. The summed E-state index contributed by atoms with van der Waals surface area (Å²) >= 11 is 0. The van der Waals surface area contributed by atoms with E-state index in [2.05, 4.69) is 30.9 Å². The molecular weight excluding hydrogens is 328 g/mol. The molecule has 0 aliphatic heterocycles. The highest BCUT2D eigenvalue weighted by atomic mass is 16.2. The Bertz CT molecular complexity index is 834. The highest BCUT2D eigenvalue weighted by Gasteiger charge is 2.11. The quantitative estimate of drug-likeness (QED) is 0.727. The number of hydrogen-bond acceptors (Lipinski definition) is 4. The minimum Gasteiger partial charge on any atom is -0.399 e. The van der Waals surface area contributed by atoms with Crippen LogP contribution in [0.25, 0.3) is 0 Å². The van der Waals surface area contributed by atoms with Crippen LogP contribution in [0, 0.1) is 0 Å². The Balaban J connectivity index is 1.94. The van der Waals surface area contributed by atoms with Crippen LogP contribution in [-0.4, -0.2) is 33.2 Å². The fourth-order valence-corrected chi connectivity index (χ4v) is 3.07. The average molecular weight is 358 g/mol. The smallest absolute Gasteiger partial charge is 0.330 e. The average Bonchev–Trinajstić information content (AvgIpc) is 2.61. The van der Waals surface area contributed by atoms with Gasteiger partial charge in [-0.2, -0.15) is 0 Å². The zero-order valence-corrected chi connectivity index (χ0v) is 16.2. The third kappa shape index (κ3) is 5.08. The molecule has 2 aromatic rings. The van der Waals surface area contributed by atoms with Gasteiger partial charge >= 0.3 is 5.69 Å². The molecule has 0 radical (unpaired) electrons. The normalized spacial score (nSPS) is 11.5. The summed E-state index contributed by atoms with van der Waals surface area (Å²) in [5.74, 6) is 0. The van der Waals surface area contributed by atoms with E-state index in [9.17, 15) is 9.59 Å². The van der Waals surface area contributed by atoms with Crippen molar-refractivity contribution >= 4 is 5.69 Å². The Kier molecular flexibility index (Phi) is 6.80. The molecule has 0 amide bonds. The lowest BCUT2D eigenvalue weighted by molar-refractivity contribution is 0.221. The third-order valence-electron chi connectivity index (χ3n) is 4.90. The molecule has 2 rings (SSSR count). The minimum atomic E-state index is -0.267. The molecular formula is C20H30N4O2. The van der Waals surface area contributed by atoms with Gasteiger partial charge < -0.3 is 15.2 Å². The first-order chi connectivity index (χ1) is 12.3. The summed E-state index contributed by atoms with van der Waals surface area (Å²) in [6, 6.07) is 10.0. The molecule has 26 heavy (non-hydrogen) atoms. The number of rotatable bonds is 8. The van der Waals surface area contributed by atoms with Crippen LogP contribution in [0.2, 0.25) is 0 Å². The highest BCUT2D eigenvalue weighted by Crippen LogP contribution is 2.09. The number of nitrogens with zero attached hydrogens (tertiary/aromatic N) is 3. The largest absolute Gasteiger partial charge is 0.399 e. The van der Waals surface area contributed by atoms with Crippen LogP contribution < -0.4 is 17.0 Å². The van der Waals surface area contributed by atoms with Crippen molar-refractivity contribution in [2.24, 2.45) is 14.1 Å². The maximum absolute atomic E-state index is 12.0. The Morgan fingerprint density at radius 1 is 1.00 bits per heavy atom. The zero-order valence-electron chi connectivity index (χ0n) is 16.2. The van der Waals surface area contributed by atoms with E-state index in [1.54, 1.807) is 17.7 Å². The molecule has 142 valence electrons. The Morgan fingerprint density at radius 2 is 1.65 bits per heavy atom. The highest BCUT2D eigenvalue weighted by molar-refractivity contribution is 5.39. The molecule has 0 spiro atoms. The maximum atomic E-state index is 12.0. The molecule has 1 aromatic carbocycles. The van der Waals surface area contributed by atoms with Crippen molar-refractivity contribution in [3.63, 3.8) is 0 Å². The molecule has 0 aliphatic rings. The standard InChI is InChI=1S/C20H30N4O2/c1-15(2)24(13-11-16-7-9-17(21)10-8-16)12-5-6-18-14-19(25)23(4)20(26)22(18)3/h7-10,14-15H,5-6,11-13,21H2,1-4H3. The molecule has 1 aromatic heterocycles. The summed E-state index contributed by atoms with van der Waals surface area (Å²) in [6.07, 6.45) is 2.59. The van der Waals surface area contributed by atoms with Crippen LogP contribution >= 0.6 is 0 Å². The maximum Gasteiger partial charge on any atom is 0.330 e. The van der Waals surface area contributed by atoms with Crippen LogP contribution in [0.1, 0.15) is 31.5 Å². The molecule has 0 fully saturated rings. The minimum absolute atomic E-state index is 0.243. The second-order valence-corrected chi connectivity index (χ2v) is 7.10. The van der Waals surface area contributed by atoms with Crippen molar-refractivity contribution in [3.8, 4) is 0 Å². The molecule has 0 saturated heterocycles. The second-order valence-electron chi connectivity index (χ2n) is 7.10. The van der Waals surface area contributed by atoms with E-state index < -0.39 is 0 Å². The van der Waals surface area contributed by atoms with Gasteiger partial charge in [0.05, 0.1) is 0 Å². The van der Waals surface area contributed by atoms with Crippen LogP contribution in [0.15, 0.2) is 39.9 Å². The van der Waals surface area contributed by atoms with E-state index in [0.717, 1.165) is 41.9 Å². The van der Waals surface area contributed by atoms with E-state index in [-0.39, 0.29) is 11.2 Å². The molecule has 0 atom stereocenters. The van der Waals surface area contributed by atoms with Crippen molar-refractivity contribution in [2.75, 3.05) is 18.8 Å². The number of aryl methyl sites for hydroxylation is 1. The van der Waals surface area contributed by atoms with Crippen molar-refractivity contribution < 1.29 is 0 Å². The van der Waals surface area contributed by atoms with E-state index >= 15 is 0 Å². The number of aromatic nitrogens is 2. The number of anilines is 1. The van der Waals surface area contributed by atoms with Crippen molar-refractivity contribution in [3.05, 3.63) is 62.4 Å². The predicted molar refractivity (Wildman–Crippen MR) is 107 cm³/mol. The summed E-state index contributed by atoms with van der Waals surface area (Å²) < 4.78 is 2.70. The van der Waals surface area contributed by atoms with E-state index in [1.807, 2.05) is 12.1 Å². The Labute approximate surface area is 154 Å². The van der Waals surface area contributed by atoms with Gasteiger partial charge in [0.25, 0.3) is 5.56 Å². The van der Waals surface area contributed by atoms with Gasteiger partial charge in [0.15, 0.2) is 0 Å². The lowest BCUT2D eigenvalue weighted by Gasteiger charge is -2.26. The molecule has 0 aliphatic carbocycles. The fraction of sp³-hybridized carbons (Fsp3) is 0.500. The van der Waals surface area contributed by atoms with Gasteiger partial charge in [-0.15, -0.1) is 0 Å². The first-order valence-electron chi connectivity index (χ1n) is 9.14. The molecule has 0 bridgehead atoms. The van der Waals surface area contributed by atoms with Crippen molar-refractivity contribution in [2.45, 2.75) is 39.2 Å². The van der Waals surface area contributed by atoms with Gasteiger partial charge in [0.2, 0.25) is 0 Å². The van der Waals surface area contributed by atoms with Gasteiger partial charge in [0.1, 0.15) is 0 Å². The molecule has 0 saturated carbocycles. The number of nitrogens with two attached hydrogens (primary N) is 1. The summed E-state index contributed by atoms with van der Waals surface area (Å²) in [7, 11) is 3.23. The van der Waals surface area contributed by atoms with Crippen molar-refractivity contribution in [1.82, 2.24) is 14.0 Å². The lowest BCUT2D eigenvalue weighted by Crippen LogP contribution is -2.38. The van der Waals surface area contributed by atoms with Gasteiger partial charge in [-0.25, -0.2) is 4.79 Å². The molecule has 6 nitrogen and oxygen atoms in total. The van der Waals surface area contributed by atoms with Gasteiger partial charge in [0, 0.05) is 44.1 Å². The second kappa shape index (κ2) is 8.85. The number of nitrogen functional groups attached to an aromatic ring is 1. The molecule has 0 unspecified atom stereocenters. The summed E-state index contributed by atoms with van der Waals surface area (Å²) in [5, 5.41) is 0. The van der Waals surface area contributed by atoms with Gasteiger partial charge in [-0.3, -0.25) is 9.36 Å². The fourth-order valence-electron chi connectivity index (χ4n) is 3.07. The van der Waals surface area contributed by atoms with Crippen LogP contribution in [0.5, 0.6) is 0 Å². The van der Waals surface area contributed by atoms with Gasteiger partial charge in [-0.1, -0.05) is 12.1 Å². The summed E-state index contributed by atoms with van der Waals surface area (Å²) in [5.41, 5.74) is 8.08. The summed E-state index contributed by atoms with van der Waals surface area (Å²) in [4.78, 5) is 26.3. The van der Waals surface area contributed by atoms with Crippen LogP contribution in [-0.2, 0) is 26.9 Å². The zero-order chi connectivity index (χ0) is 19.3. The van der Waals surface area contributed by atoms with Crippen LogP contribution in [0.3, 0.4) is 0 Å². The molecule has 2 N–H and O–H groups in total. The van der Waals surface area contributed by atoms with E-state index in [1.165, 1.54) is 12.6 Å². The first kappa shape index (κ1) is 20.0. The van der Waals surface area contributed by atoms with Gasteiger partial charge in [-0.05, 0) is 57.4 Å². The molecule has 1 heterocycles. The number of hydrogen-bond donors (Lipinski definition) is 1. The van der Waals surface area contributed by atoms with E-state index in [4.69, 9.17) is 5.73 Å². The lowest BCUT2D eigenvalue weighted by atomic mass is 10.1. The number of benzene rings is 1. The van der Waals surface area contributed by atoms with E-state index in [0.29, 0.717) is 12.5 Å². The predicted octanol–water partition coefficient (Wildman–Crippen LogP) is 1.55. The monoisotopic (exact) mass is 358 g/mol. The first-order valence-corrected chi connectivity index (χ1v) is 9.14. The Hall–Kier alpha value is -2.34. The van der Waals surface area contributed by atoms with Crippen LogP contribution in [0.4, 0.5) is 5.69 Å². The Morgan fingerprint density at radius 3 is 2.27 bits per heavy atom. The summed E-state index contributed by atoms with van der Waals surface area (Å²) in [6.45, 7) is 6.28. The van der Waals surface area contributed by atoms with Crippen molar-refractivity contribution in [1.29, 1.82) is 0 Å². The molecule has 6 heteroatoms. The topological polar surface area (TPSA) is 73.3 Å². The SMILES string of the molecule is CC(C)N(CCCc1cc(=O)n(C)c(=O)n1C)CCc1ccc(N)cc1.